The zero-order chi connectivity index (χ0) is 16.8. The zero-order valence-corrected chi connectivity index (χ0v) is 14.2. The van der Waals surface area contributed by atoms with Crippen LogP contribution in [-0.2, 0) is 9.53 Å². The fourth-order valence-corrected chi connectivity index (χ4v) is 3.56. The van der Waals surface area contributed by atoms with Crippen molar-refractivity contribution < 1.29 is 14.6 Å². The van der Waals surface area contributed by atoms with Crippen LogP contribution in [0.1, 0.15) is 37.4 Å². The molecule has 0 bridgehead atoms. The van der Waals surface area contributed by atoms with Gasteiger partial charge in [-0.1, -0.05) is 30.3 Å². The van der Waals surface area contributed by atoms with Crippen molar-refractivity contribution in [3.05, 3.63) is 35.9 Å². The van der Waals surface area contributed by atoms with Crippen LogP contribution in [0, 0.1) is 5.92 Å². The van der Waals surface area contributed by atoms with E-state index < -0.39 is 6.10 Å². The lowest BCUT2D eigenvalue weighted by molar-refractivity contribution is -0.128. The second-order valence-corrected chi connectivity index (χ2v) is 6.90. The summed E-state index contributed by atoms with van der Waals surface area (Å²) < 4.78 is 5.32. The molecule has 24 heavy (non-hydrogen) atoms. The number of benzene rings is 1. The maximum Gasteiger partial charge on any atom is 0.223 e. The number of hydrogen-bond donors (Lipinski definition) is 2. The largest absolute Gasteiger partial charge is 0.387 e. The van der Waals surface area contributed by atoms with Gasteiger partial charge in [0.1, 0.15) is 0 Å². The number of β-amino-alcohol motifs (C(OH)–C–C–N with tert-alkyl or cyclic N) is 1. The Kier molecular flexibility index (Phi) is 6.24. The number of carbonyl (C=O) groups is 1. The molecular formula is C19H28N2O3. The van der Waals surface area contributed by atoms with Gasteiger partial charge in [0.2, 0.25) is 5.91 Å². The van der Waals surface area contributed by atoms with Gasteiger partial charge in [0, 0.05) is 44.8 Å². The third kappa shape index (κ3) is 4.79. The Morgan fingerprint density at radius 3 is 2.50 bits per heavy atom. The molecule has 0 spiro atoms. The summed E-state index contributed by atoms with van der Waals surface area (Å²) in [5, 5.41) is 13.5. The molecule has 2 saturated heterocycles. The molecule has 0 radical (unpaired) electrons. The number of ether oxygens (including phenoxy) is 1. The molecule has 132 valence electrons. The average Bonchev–Trinajstić information content (AvgIpc) is 2.65. The van der Waals surface area contributed by atoms with Crippen molar-refractivity contribution in [3.63, 3.8) is 0 Å². The Bertz CT molecular complexity index is 509. The van der Waals surface area contributed by atoms with E-state index in [1.165, 1.54) is 0 Å². The molecule has 0 aromatic heterocycles. The third-order valence-electron chi connectivity index (χ3n) is 5.14. The Morgan fingerprint density at radius 2 is 1.83 bits per heavy atom. The summed E-state index contributed by atoms with van der Waals surface area (Å²) >= 11 is 0. The zero-order valence-electron chi connectivity index (χ0n) is 14.2. The highest BCUT2D eigenvalue weighted by Gasteiger charge is 2.26. The number of nitrogens with zero attached hydrogens (tertiary/aromatic N) is 1. The van der Waals surface area contributed by atoms with Gasteiger partial charge in [-0.05, 0) is 31.2 Å². The van der Waals surface area contributed by atoms with Gasteiger partial charge in [-0.15, -0.1) is 0 Å². The smallest absolute Gasteiger partial charge is 0.223 e. The molecule has 1 atom stereocenters. The summed E-state index contributed by atoms with van der Waals surface area (Å²) in [6.45, 7) is 3.90. The van der Waals surface area contributed by atoms with E-state index in [0.29, 0.717) is 19.8 Å². The highest BCUT2D eigenvalue weighted by molar-refractivity contribution is 5.79. The molecule has 1 aromatic rings. The Hall–Kier alpha value is -1.43. The van der Waals surface area contributed by atoms with Gasteiger partial charge in [-0.3, -0.25) is 4.79 Å². The van der Waals surface area contributed by atoms with E-state index in [1.807, 2.05) is 30.3 Å². The van der Waals surface area contributed by atoms with E-state index in [0.717, 1.165) is 44.3 Å². The van der Waals surface area contributed by atoms with Crippen molar-refractivity contribution in [2.24, 2.45) is 5.92 Å². The molecule has 1 amide bonds. The second kappa shape index (κ2) is 8.60. The number of aliphatic hydroxyl groups excluding tert-OH is 1. The number of piperidine rings is 1. The Labute approximate surface area is 144 Å². The fraction of sp³-hybridized carbons (Fsp3) is 0.632. The molecule has 5 heteroatoms. The lowest BCUT2D eigenvalue weighted by atomic mass is 9.97. The van der Waals surface area contributed by atoms with Crippen LogP contribution in [0.4, 0.5) is 0 Å². The van der Waals surface area contributed by atoms with Gasteiger partial charge in [-0.25, -0.2) is 0 Å². The number of rotatable bonds is 5. The molecule has 2 aliphatic rings. The summed E-state index contributed by atoms with van der Waals surface area (Å²) in [5.74, 6) is 0.317. The van der Waals surface area contributed by atoms with Gasteiger partial charge in [0.05, 0.1) is 6.10 Å². The van der Waals surface area contributed by atoms with E-state index in [4.69, 9.17) is 4.74 Å². The first-order valence-electron chi connectivity index (χ1n) is 9.06. The molecule has 0 saturated carbocycles. The molecule has 2 aliphatic heterocycles. The van der Waals surface area contributed by atoms with Crippen molar-refractivity contribution in [1.82, 2.24) is 10.2 Å². The van der Waals surface area contributed by atoms with Crippen LogP contribution < -0.4 is 5.32 Å². The van der Waals surface area contributed by atoms with Crippen LogP contribution in [0.3, 0.4) is 0 Å². The van der Waals surface area contributed by atoms with Crippen molar-refractivity contribution >= 4 is 5.91 Å². The summed E-state index contributed by atoms with van der Waals surface area (Å²) in [7, 11) is 0. The standard InChI is InChI=1S/C19H28N2O3/c22-18(15-4-2-1-3-5-15)14-21-10-6-17(7-11-21)20-19(23)16-8-12-24-13-9-16/h1-5,16-18,22H,6-14H2,(H,20,23). The van der Waals surface area contributed by atoms with Crippen molar-refractivity contribution in [1.29, 1.82) is 0 Å². The van der Waals surface area contributed by atoms with Crippen LogP contribution in [0.5, 0.6) is 0 Å². The average molecular weight is 332 g/mol. The summed E-state index contributed by atoms with van der Waals surface area (Å²) in [5.41, 5.74) is 0.965. The highest BCUT2D eigenvalue weighted by atomic mass is 16.5. The quantitative estimate of drug-likeness (QED) is 0.862. The molecule has 2 heterocycles. The maximum atomic E-state index is 12.3. The van der Waals surface area contributed by atoms with Crippen molar-refractivity contribution in [2.45, 2.75) is 37.8 Å². The molecular weight excluding hydrogens is 304 g/mol. The normalized spacial score (nSPS) is 22.2. The van der Waals surface area contributed by atoms with E-state index in [-0.39, 0.29) is 17.9 Å². The summed E-state index contributed by atoms with van der Waals surface area (Å²) in [4.78, 5) is 14.6. The minimum atomic E-state index is -0.445. The number of likely N-dealkylation sites (tertiary alicyclic amines) is 1. The first-order chi connectivity index (χ1) is 11.7. The van der Waals surface area contributed by atoms with E-state index >= 15 is 0 Å². The molecule has 1 unspecified atom stereocenters. The second-order valence-electron chi connectivity index (χ2n) is 6.90. The highest BCUT2D eigenvalue weighted by Crippen LogP contribution is 2.19. The first-order valence-corrected chi connectivity index (χ1v) is 9.06. The Morgan fingerprint density at radius 1 is 1.17 bits per heavy atom. The van der Waals surface area contributed by atoms with Crippen LogP contribution in [0.2, 0.25) is 0 Å². The predicted molar refractivity (Wildman–Crippen MR) is 92.5 cm³/mol. The molecule has 1 aromatic carbocycles. The summed E-state index contributed by atoms with van der Waals surface area (Å²) in [6.07, 6.45) is 3.15. The van der Waals surface area contributed by atoms with E-state index in [1.54, 1.807) is 0 Å². The van der Waals surface area contributed by atoms with Crippen LogP contribution in [0.15, 0.2) is 30.3 Å². The molecule has 0 aliphatic carbocycles. The van der Waals surface area contributed by atoms with Crippen LogP contribution in [0.25, 0.3) is 0 Å². The van der Waals surface area contributed by atoms with Crippen LogP contribution >= 0.6 is 0 Å². The van der Waals surface area contributed by atoms with E-state index in [9.17, 15) is 9.90 Å². The van der Waals surface area contributed by atoms with Crippen LogP contribution in [-0.4, -0.2) is 54.8 Å². The van der Waals surface area contributed by atoms with Gasteiger partial charge in [0.15, 0.2) is 0 Å². The SMILES string of the molecule is O=C(NC1CCN(CC(O)c2ccccc2)CC1)C1CCOCC1. The number of nitrogens with one attached hydrogen (secondary N) is 1. The molecule has 5 nitrogen and oxygen atoms in total. The Balaban J connectivity index is 1.40. The lowest BCUT2D eigenvalue weighted by Gasteiger charge is -2.34. The summed E-state index contributed by atoms with van der Waals surface area (Å²) in [6, 6.07) is 10.1. The molecule has 2 fully saturated rings. The molecule has 2 N–H and O–H groups in total. The lowest BCUT2D eigenvalue weighted by Crippen LogP contribution is -2.47. The number of hydrogen-bond acceptors (Lipinski definition) is 4. The first kappa shape index (κ1) is 17.4. The minimum Gasteiger partial charge on any atom is -0.387 e. The van der Waals surface area contributed by atoms with Gasteiger partial charge >= 0.3 is 0 Å². The third-order valence-corrected chi connectivity index (χ3v) is 5.14. The number of amides is 1. The number of carbonyl (C=O) groups excluding carboxylic acids is 1. The van der Waals surface area contributed by atoms with Crippen molar-refractivity contribution in [3.8, 4) is 0 Å². The van der Waals surface area contributed by atoms with Crippen molar-refractivity contribution in [2.75, 3.05) is 32.8 Å². The maximum absolute atomic E-state index is 12.3. The van der Waals surface area contributed by atoms with Gasteiger partial charge in [-0.2, -0.15) is 0 Å². The monoisotopic (exact) mass is 332 g/mol. The molecule has 3 rings (SSSR count). The topological polar surface area (TPSA) is 61.8 Å². The van der Waals surface area contributed by atoms with E-state index in [2.05, 4.69) is 10.2 Å². The predicted octanol–water partition coefficient (Wildman–Crippen LogP) is 1.73. The number of aliphatic hydroxyl groups is 1. The fourth-order valence-electron chi connectivity index (χ4n) is 3.56. The minimum absolute atomic E-state index is 0.122. The van der Waals surface area contributed by atoms with Gasteiger partial charge < -0.3 is 20.1 Å². The van der Waals surface area contributed by atoms with Gasteiger partial charge in [0.25, 0.3) is 0 Å².